The first-order valence-corrected chi connectivity index (χ1v) is 8.54. The van der Waals surface area contributed by atoms with Gasteiger partial charge in [0.2, 0.25) is 5.91 Å². The summed E-state index contributed by atoms with van der Waals surface area (Å²) in [5.74, 6) is 0.532. The van der Waals surface area contributed by atoms with Crippen molar-refractivity contribution in [3.8, 4) is 5.75 Å². The van der Waals surface area contributed by atoms with E-state index in [0.717, 1.165) is 6.42 Å². The molecule has 1 aliphatic rings. The van der Waals surface area contributed by atoms with Gasteiger partial charge in [0.15, 0.2) is 6.10 Å². The van der Waals surface area contributed by atoms with Crippen LogP contribution in [0.1, 0.15) is 25.8 Å². The smallest absolute Gasteiger partial charge is 0.267 e. The van der Waals surface area contributed by atoms with E-state index in [-0.39, 0.29) is 11.8 Å². The molecule has 2 aromatic rings. The van der Waals surface area contributed by atoms with Gasteiger partial charge in [0.1, 0.15) is 5.75 Å². The fourth-order valence-electron chi connectivity index (χ4n) is 2.85. The minimum absolute atomic E-state index is 0.0628. The fourth-order valence-corrected chi connectivity index (χ4v) is 2.85. The average molecular weight is 338 g/mol. The van der Waals surface area contributed by atoms with Gasteiger partial charge >= 0.3 is 0 Å². The molecule has 1 heterocycles. The van der Waals surface area contributed by atoms with Crippen molar-refractivity contribution in [1.29, 1.82) is 0 Å². The lowest BCUT2D eigenvalue weighted by Crippen LogP contribution is -2.45. The van der Waals surface area contributed by atoms with E-state index in [1.54, 1.807) is 36.9 Å². The van der Waals surface area contributed by atoms with E-state index in [9.17, 15) is 9.59 Å². The van der Waals surface area contributed by atoms with E-state index in [2.05, 4.69) is 5.32 Å². The predicted molar refractivity (Wildman–Crippen MR) is 98.0 cm³/mol. The molecule has 5 heteroatoms. The highest BCUT2D eigenvalue weighted by atomic mass is 16.5. The highest BCUT2D eigenvalue weighted by Crippen LogP contribution is 2.36. The van der Waals surface area contributed by atoms with Gasteiger partial charge in [-0.25, -0.2) is 0 Å². The van der Waals surface area contributed by atoms with Crippen LogP contribution in [-0.2, 0) is 16.0 Å². The van der Waals surface area contributed by atoms with E-state index < -0.39 is 6.10 Å². The molecule has 25 heavy (non-hydrogen) atoms. The Bertz CT molecular complexity index is 774. The van der Waals surface area contributed by atoms with Crippen molar-refractivity contribution in [2.75, 3.05) is 16.8 Å². The number of benzene rings is 2. The lowest BCUT2D eigenvalue weighted by molar-refractivity contribution is -0.125. The zero-order valence-corrected chi connectivity index (χ0v) is 14.5. The van der Waals surface area contributed by atoms with E-state index >= 15 is 0 Å². The zero-order valence-electron chi connectivity index (χ0n) is 14.5. The fraction of sp³-hybridized carbons (Fsp3) is 0.300. The molecule has 0 saturated heterocycles. The highest BCUT2D eigenvalue weighted by molar-refractivity contribution is 6.01. The highest BCUT2D eigenvalue weighted by Gasteiger charge is 2.31. The number of amides is 2. The lowest BCUT2D eigenvalue weighted by atomic mass is 10.1. The van der Waals surface area contributed by atoms with Crippen molar-refractivity contribution in [3.63, 3.8) is 0 Å². The van der Waals surface area contributed by atoms with Crippen molar-refractivity contribution < 1.29 is 14.3 Å². The van der Waals surface area contributed by atoms with E-state index in [0.29, 0.717) is 30.1 Å². The van der Waals surface area contributed by atoms with Gasteiger partial charge in [0.05, 0.1) is 5.69 Å². The molecule has 0 saturated carbocycles. The number of hydrogen-bond acceptors (Lipinski definition) is 3. The summed E-state index contributed by atoms with van der Waals surface area (Å²) in [6.45, 7) is 4.12. The number of hydrogen-bond donors (Lipinski definition) is 1. The average Bonchev–Trinajstić information content (AvgIpc) is 2.63. The minimum atomic E-state index is -0.514. The summed E-state index contributed by atoms with van der Waals surface area (Å²) in [6, 6.07) is 15.5. The third kappa shape index (κ3) is 3.82. The molecule has 1 atom stereocenters. The molecular formula is C20H22N2O3. The Morgan fingerprint density at radius 1 is 1.20 bits per heavy atom. The molecule has 0 radical (unpaired) electrons. The van der Waals surface area contributed by atoms with Crippen LogP contribution >= 0.6 is 0 Å². The Morgan fingerprint density at radius 2 is 1.96 bits per heavy atom. The standard InChI is InChI=1S/C20H22N2O3/c1-3-19(23)21-16-9-10-18-17(13-16)22(20(24)14(2)25-18)12-11-15-7-5-4-6-8-15/h4-10,13-14H,3,11-12H2,1-2H3,(H,21,23). The molecule has 130 valence electrons. The monoisotopic (exact) mass is 338 g/mol. The lowest BCUT2D eigenvalue weighted by Gasteiger charge is -2.33. The zero-order chi connectivity index (χ0) is 17.8. The maximum absolute atomic E-state index is 12.6. The summed E-state index contributed by atoms with van der Waals surface area (Å²) in [7, 11) is 0. The number of carbonyl (C=O) groups excluding carboxylic acids is 2. The molecule has 0 bridgehead atoms. The third-order valence-electron chi connectivity index (χ3n) is 4.24. The van der Waals surface area contributed by atoms with Crippen molar-refractivity contribution in [2.24, 2.45) is 0 Å². The van der Waals surface area contributed by atoms with E-state index in [4.69, 9.17) is 4.74 Å². The summed E-state index contributed by atoms with van der Waals surface area (Å²) < 4.78 is 5.71. The van der Waals surface area contributed by atoms with Crippen LogP contribution in [0.15, 0.2) is 48.5 Å². The maximum atomic E-state index is 12.6. The summed E-state index contributed by atoms with van der Waals surface area (Å²) >= 11 is 0. The Morgan fingerprint density at radius 3 is 2.68 bits per heavy atom. The van der Waals surface area contributed by atoms with Gasteiger partial charge in [0, 0.05) is 18.7 Å². The van der Waals surface area contributed by atoms with Crippen LogP contribution in [0, 0.1) is 0 Å². The second-order valence-corrected chi connectivity index (χ2v) is 6.07. The topological polar surface area (TPSA) is 58.6 Å². The molecular weight excluding hydrogens is 316 g/mol. The SMILES string of the molecule is CCC(=O)Nc1ccc2c(c1)N(CCc1ccccc1)C(=O)C(C)O2. The normalized spacial score (nSPS) is 16.2. The second kappa shape index (κ2) is 7.38. The van der Waals surface area contributed by atoms with E-state index in [1.165, 1.54) is 5.56 Å². The minimum Gasteiger partial charge on any atom is -0.479 e. The Balaban J connectivity index is 1.85. The maximum Gasteiger partial charge on any atom is 0.267 e. The Hall–Kier alpha value is -2.82. The summed E-state index contributed by atoms with van der Waals surface area (Å²) in [5.41, 5.74) is 2.54. The van der Waals surface area contributed by atoms with Gasteiger partial charge in [-0.3, -0.25) is 9.59 Å². The Kier molecular flexibility index (Phi) is 5.03. The molecule has 0 aromatic heterocycles. The molecule has 1 aliphatic heterocycles. The number of ether oxygens (including phenoxy) is 1. The second-order valence-electron chi connectivity index (χ2n) is 6.07. The number of fused-ring (bicyclic) bond motifs is 1. The largest absolute Gasteiger partial charge is 0.479 e. The Labute approximate surface area is 147 Å². The van der Waals surface area contributed by atoms with Crippen LogP contribution in [0.5, 0.6) is 5.75 Å². The van der Waals surface area contributed by atoms with E-state index in [1.807, 2.05) is 30.3 Å². The summed E-state index contributed by atoms with van der Waals surface area (Å²) in [4.78, 5) is 26.0. The van der Waals surface area contributed by atoms with Gasteiger partial charge in [-0.15, -0.1) is 0 Å². The number of rotatable bonds is 5. The predicted octanol–water partition coefficient (Wildman–Crippen LogP) is 3.39. The molecule has 3 rings (SSSR count). The van der Waals surface area contributed by atoms with Crippen LogP contribution in [0.3, 0.4) is 0 Å². The van der Waals surface area contributed by atoms with Crippen LogP contribution in [0.25, 0.3) is 0 Å². The first-order valence-electron chi connectivity index (χ1n) is 8.54. The van der Waals surface area contributed by atoms with Gasteiger partial charge in [-0.1, -0.05) is 37.3 Å². The summed E-state index contributed by atoms with van der Waals surface area (Å²) in [5, 5.41) is 2.83. The molecule has 0 fully saturated rings. The number of nitrogens with one attached hydrogen (secondary N) is 1. The van der Waals surface area contributed by atoms with Crippen molar-refractivity contribution in [1.82, 2.24) is 0 Å². The van der Waals surface area contributed by atoms with Crippen LogP contribution in [0.4, 0.5) is 11.4 Å². The van der Waals surface area contributed by atoms with Crippen molar-refractivity contribution >= 4 is 23.2 Å². The van der Waals surface area contributed by atoms with Crippen LogP contribution < -0.4 is 15.0 Å². The third-order valence-corrected chi connectivity index (χ3v) is 4.24. The first-order chi connectivity index (χ1) is 12.1. The van der Waals surface area contributed by atoms with Crippen LogP contribution in [-0.4, -0.2) is 24.5 Å². The molecule has 1 unspecified atom stereocenters. The van der Waals surface area contributed by atoms with Crippen molar-refractivity contribution in [3.05, 3.63) is 54.1 Å². The number of anilines is 2. The molecule has 2 amide bonds. The van der Waals surface area contributed by atoms with Crippen LogP contribution in [0.2, 0.25) is 0 Å². The molecule has 5 nitrogen and oxygen atoms in total. The van der Waals surface area contributed by atoms with Gasteiger partial charge in [-0.05, 0) is 37.1 Å². The quantitative estimate of drug-likeness (QED) is 0.909. The van der Waals surface area contributed by atoms with Gasteiger partial charge in [-0.2, -0.15) is 0 Å². The molecule has 1 N–H and O–H groups in total. The molecule has 0 spiro atoms. The molecule has 2 aromatic carbocycles. The van der Waals surface area contributed by atoms with Gasteiger partial charge < -0.3 is 15.0 Å². The summed E-state index contributed by atoms with van der Waals surface area (Å²) in [6.07, 6.45) is 0.644. The first kappa shape index (κ1) is 17.0. The van der Waals surface area contributed by atoms with Gasteiger partial charge in [0.25, 0.3) is 5.91 Å². The molecule has 0 aliphatic carbocycles. The number of nitrogens with zero attached hydrogens (tertiary/aromatic N) is 1. The van der Waals surface area contributed by atoms with Crippen molar-refractivity contribution in [2.45, 2.75) is 32.8 Å². The number of carbonyl (C=O) groups is 2.